The van der Waals surface area contributed by atoms with Gasteiger partial charge in [0.2, 0.25) is 5.88 Å². The summed E-state index contributed by atoms with van der Waals surface area (Å²) in [5.74, 6) is -0.0240. The lowest BCUT2D eigenvalue weighted by atomic mass is 9.83. The van der Waals surface area contributed by atoms with E-state index >= 15 is 0 Å². The molecule has 0 fully saturated rings. The van der Waals surface area contributed by atoms with Gasteiger partial charge in [-0.25, -0.2) is 9.78 Å². The predicted molar refractivity (Wildman–Crippen MR) is 165 cm³/mol. The van der Waals surface area contributed by atoms with Crippen LogP contribution in [0.4, 0.5) is 9.18 Å². The molecular formula is C34H46FN3O5. The number of carbonyl (C=O) groups excluding carboxylic acids is 2. The van der Waals surface area contributed by atoms with Crippen molar-refractivity contribution < 1.29 is 28.2 Å². The molecule has 4 rings (SSSR count). The molecule has 1 aliphatic carbocycles. The van der Waals surface area contributed by atoms with E-state index in [0.29, 0.717) is 12.4 Å². The van der Waals surface area contributed by atoms with Gasteiger partial charge in [-0.2, -0.15) is 0 Å². The minimum absolute atomic E-state index is 0.0635. The van der Waals surface area contributed by atoms with E-state index in [4.69, 9.17) is 14.2 Å². The molecule has 1 aliphatic heterocycles. The van der Waals surface area contributed by atoms with E-state index in [2.05, 4.69) is 41.1 Å². The molecule has 2 aliphatic rings. The van der Waals surface area contributed by atoms with Crippen LogP contribution in [-0.4, -0.2) is 78.5 Å². The second kappa shape index (κ2) is 13.9. The fourth-order valence-electron chi connectivity index (χ4n) is 6.16. The highest BCUT2D eigenvalue weighted by Crippen LogP contribution is 2.49. The van der Waals surface area contributed by atoms with Crippen LogP contribution >= 0.6 is 0 Å². The standard InChI is InChI=1S/C34H46FN3O5/c1-22(32(39)41-7)21-38-23(2)19-28-27-12-9-8-11-25(27)20-29(28)30(38)26-13-15-36-31(24(26)3)42-18-17-37(16-10-14-35)33(40)43-34(4,5)6/h8-9,11-13,15,22-23,30H,10,14,16-21H2,1-7H3/t22-,23-,30-/m1/s1. The van der Waals surface area contributed by atoms with E-state index in [9.17, 15) is 14.0 Å². The van der Waals surface area contributed by atoms with Crippen molar-refractivity contribution in [3.63, 3.8) is 0 Å². The van der Waals surface area contributed by atoms with Gasteiger partial charge in [-0.3, -0.25) is 14.1 Å². The number of amides is 1. The molecule has 2 aromatic rings. The monoisotopic (exact) mass is 595 g/mol. The van der Waals surface area contributed by atoms with Gasteiger partial charge in [0.05, 0.1) is 32.3 Å². The van der Waals surface area contributed by atoms with Crippen molar-refractivity contribution in [2.24, 2.45) is 5.92 Å². The molecule has 1 amide bonds. The Morgan fingerprint density at radius 2 is 1.93 bits per heavy atom. The molecule has 2 heterocycles. The van der Waals surface area contributed by atoms with Crippen LogP contribution in [0.1, 0.15) is 75.8 Å². The maximum absolute atomic E-state index is 12.9. The number of fused-ring (bicyclic) bond motifs is 2. The van der Waals surface area contributed by atoms with Crippen LogP contribution in [0.3, 0.4) is 0 Å². The Bertz CT molecular complexity index is 1340. The van der Waals surface area contributed by atoms with E-state index in [1.54, 1.807) is 27.0 Å². The molecule has 1 aromatic carbocycles. The number of halogens is 1. The number of ether oxygens (including phenoxy) is 3. The highest BCUT2D eigenvalue weighted by atomic mass is 19.1. The van der Waals surface area contributed by atoms with Gasteiger partial charge in [0.25, 0.3) is 0 Å². The van der Waals surface area contributed by atoms with Crippen molar-refractivity contribution in [1.29, 1.82) is 0 Å². The summed E-state index contributed by atoms with van der Waals surface area (Å²) in [6.07, 6.45) is 3.25. The summed E-state index contributed by atoms with van der Waals surface area (Å²) < 4.78 is 29.7. The molecule has 43 heavy (non-hydrogen) atoms. The Kier molecular flexibility index (Phi) is 10.5. The molecule has 0 spiro atoms. The normalized spacial score (nSPS) is 19.0. The van der Waals surface area contributed by atoms with Crippen LogP contribution in [0.2, 0.25) is 0 Å². The first-order valence-corrected chi connectivity index (χ1v) is 15.2. The fourth-order valence-corrected chi connectivity index (χ4v) is 6.16. The summed E-state index contributed by atoms with van der Waals surface area (Å²) in [5.41, 5.74) is 6.71. The number of carbonyl (C=O) groups is 2. The Balaban J connectivity index is 1.62. The predicted octanol–water partition coefficient (Wildman–Crippen LogP) is 6.32. The summed E-state index contributed by atoms with van der Waals surface area (Å²) in [6, 6.07) is 10.8. The number of methoxy groups -OCH3 is 1. The summed E-state index contributed by atoms with van der Waals surface area (Å²) in [4.78, 5) is 33.6. The first-order valence-electron chi connectivity index (χ1n) is 15.2. The smallest absolute Gasteiger partial charge is 0.410 e. The van der Waals surface area contributed by atoms with Crippen molar-refractivity contribution in [3.05, 3.63) is 64.4 Å². The van der Waals surface area contributed by atoms with Crippen molar-refractivity contribution >= 4 is 17.6 Å². The topological polar surface area (TPSA) is 81.2 Å². The van der Waals surface area contributed by atoms with Crippen molar-refractivity contribution in [2.75, 3.05) is 40.0 Å². The first-order chi connectivity index (χ1) is 20.4. The summed E-state index contributed by atoms with van der Waals surface area (Å²) in [7, 11) is 1.43. The maximum atomic E-state index is 12.9. The van der Waals surface area contributed by atoms with Crippen molar-refractivity contribution in [3.8, 4) is 5.88 Å². The third-order valence-electron chi connectivity index (χ3n) is 8.23. The summed E-state index contributed by atoms with van der Waals surface area (Å²) in [5, 5.41) is 0. The minimum Gasteiger partial charge on any atom is -0.476 e. The molecule has 0 N–H and O–H groups in total. The van der Waals surface area contributed by atoms with Crippen LogP contribution in [0.25, 0.3) is 5.57 Å². The first kappa shape index (κ1) is 32.5. The maximum Gasteiger partial charge on any atom is 0.410 e. The molecular weight excluding hydrogens is 549 g/mol. The zero-order valence-electron chi connectivity index (χ0n) is 26.6. The lowest BCUT2D eigenvalue weighted by molar-refractivity contribution is -0.145. The number of aromatic nitrogens is 1. The van der Waals surface area contributed by atoms with Crippen molar-refractivity contribution in [1.82, 2.24) is 14.8 Å². The van der Waals surface area contributed by atoms with Gasteiger partial charge in [-0.1, -0.05) is 31.2 Å². The van der Waals surface area contributed by atoms with Crippen LogP contribution in [0.15, 0.2) is 42.1 Å². The van der Waals surface area contributed by atoms with Gasteiger partial charge < -0.3 is 19.1 Å². The van der Waals surface area contributed by atoms with Crippen LogP contribution < -0.4 is 4.74 Å². The van der Waals surface area contributed by atoms with Crippen LogP contribution in [0, 0.1) is 12.8 Å². The van der Waals surface area contributed by atoms with Gasteiger partial charge in [0.15, 0.2) is 0 Å². The molecule has 1 aromatic heterocycles. The number of hydrogen-bond donors (Lipinski definition) is 0. The number of benzene rings is 1. The highest BCUT2D eigenvalue weighted by Gasteiger charge is 2.40. The number of pyridine rings is 1. The van der Waals surface area contributed by atoms with Crippen molar-refractivity contribution in [2.45, 2.75) is 78.5 Å². The molecule has 8 nitrogen and oxygen atoms in total. The molecule has 0 saturated heterocycles. The lowest BCUT2D eigenvalue weighted by Gasteiger charge is -2.43. The molecule has 3 atom stereocenters. The second-order valence-electron chi connectivity index (χ2n) is 12.6. The average Bonchev–Trinajstić information content (AvgIpc) is 3.32. The molecule has 0 radical (unpaired) electrons. The lowest BCUT2D eigenvalue weighted by Crippen LogP contribution is -2.44. The SMILES string of the molecule is COC(=O)[C@H](C)CN1[C@H](C)CC2=C(Cc3ccccc32)[C@H]1c1ccnc(OCCN(CCCF)C(=O)OC(C)(C)C)c1C. The van der Waals surface area contributed by atoms with Gasteiger partial charge in [-0.05, 0) is 87.8 Å². The number of rotatable bonds is 11. The molecule has 0 saturated carbocycles. The van der Waals surface area contributed by atoms with E-state index in [1.807, 2.05) is 19.9 Å². The van der Waals surface area contributed by atoms with E-state index in [0.717, 1.165) is 24.0 Å². The summed E-state index contributed by atoms with van der Waals surface area (Å²) >= 11 is 0. The zero-order chi connectivity index (χ0) is 31.3. The largest absolute Gasteiger partial charge is 0.476 e. The zero-order valence-corrected chi connectivity index (χ0v) is 26.6. The molecule has 9 heteroatoms. The van der Waals surface area contributed by atoms with Gasteiger partial charge in [0, 0.05) is 30.9 Å². The third kappa shape index (κ3) is 7.55. The Morgan fingerprint density at radius 1 is 1.19 bits per heavy atom. The summed E-state index contributed by atoms with van der Waals surface area (Å²) in [6.45, 7) is 12.3. The van der Waals surface area contributed by atoms with Gasteiger partial charge >= 0.3 is 12.1 Å². The van der Waals surface area contributed by atoms with Crippen LogP contribution in [0.5, 0.6) is 5.88 Å². The Labute approximate surface area is 255 Å². The Hall–Kier alpha value is -3.46. The van der Waals surface area contributed by atoms with E-state index in [-0.39, 0.29) is 50.1 Å². The van der Waals surface area contributed by atoms with E-state index in [1.165, 1.54) is 34.3 Å². The quantitative estimate of drug-likeness (QED) is 0.281. The van der Waals surface area contributed by atoms with Crippen LogP contribution in [-0.2, 0) is 20.7 Å². The van der Waals surface area contributed by atoms with Gasteiger partial charge in [0.1, 0.15) is 12.2 Å². The molecule has 234 valence electrons. The highest BCUT2D eigenvalue weighted by molar-refractivity contribution is 5.79. The van der Waals surface area contributed by atoms with Gasteiger partial charge in [-0.15, -0.1) is 0 Å². The molecule has 0 unspecified atom stereocenters. The number of hydrogen-bond acceptors (Lipinski definition) is 7. The number of esters is 1. The fraction of sp³-hybridized carbons (Fsp3) is 0.559. The number of alkyl halides is 1. The minimum atomic E-state index is -0.653. The van der Waals surface area contributed by atoms with E-state index < -0.39 is 18.4 Å². The average molecular weight is 596 g/mol. The molecule has 0 bridgehead atoms. The Morgan fingerprint density at radius 3 is 2.63 bits per heavy atom. The third-order valence-corrected chi connectivity index (χ3v) is 8.23. The number of nitrogens with zero attached hydrogens (tertiary/aromatic N) is 3. The second-order valence-corrected chi connectivity index (χ2v) is 12.6.